The molecule has 2 N–H and O–H groups in total. The van der Waals surface area contributed by atoms with Gasteiger partial charge in [0.15, 0.2) is 0 Å². The lowest BCUT2D eigenvalue weighted by atomic mass is 10.1. The number of aromatic nitrogens is 2. The van der Waals surface area contributed by atoms with E-state index in [4.69, 9.17) is 0 Å². The Bertz CT molecular complexity index is 489. The zero-order valence-electron chi connectivity index (χ0n) is 14.0. The van der Waals surface area contributed by atoms with E-state index < -0.39 is 5.60 Å². The molecular weight excluding hydrogens is 268 g/mol. The molecule has 6 heteroatoms. The second-order valence-corrected chi connectivity index (χ2v) is 6.28. The van der Waals surface area contributed by atoms with E-state index in [9.17, 15) is 9.90 Å². The van der Waals surface area contributed by atoms with Crippen LogP contribution in [0, 0.1) is 13.8 Å². The van der Waals surface area contributed by atoms with Crippen LogP contribution in [0.3, 0.4) is 0 Å². The van der Waals surface area contributed by atoms with Gasteiger partial charge in [-0.25, -0.2) is 4.79 Å². The van der Waals surface area contributed by atoms with Crippen molar-refractivity contribution in [2.45, 2.75) is 46.1 Å². The van der Waals surface area contributed by atoms with Gasteiger partial charge >= 0.3 is 6.03 Å². The van der Waals surface area contributed by atoms with Crippen LogP contribution in [0.15, 0.2) is 0 Å². The number of carbonyl (C=O) groups is 1. The number of aliphatic hydroxyl groups is 1. The van der Waals surface area contributed by atoms with Crippen molar-refractivity contribution in [3.05, 3.63) is 17.0 Å². The lowest BCUT2D eigenvalue weighted by molar-refractivity contribution is 0.0532. The average molecular weight is 296 g/mol. The van der Waals surface area contributed by atoms with Gasteiger partial charge in [0.05, 0.1) is 17.8 Å². The van der Waals surface area contributed by atoms with Crippen LogP contribution in [0.25, 0.3) is 0 Å². The maximum absolute atomic E-state index is 11.9. The highest BCUT2D eigenvalue weighted by atomic mass is 16.3. The number of aryl methyl sites for hydroxylation is 2. The van der Waals surface area contributed by atoms with E-state index in [1.165, 1.54) is 16.2 Å². The van der Waals surface area contributed by atoms with Crippen LogP contribution < -0.4 is 5.32 Å². The summed E-state index contributed by atoms with van der Waals surface area (Å²) in [5, 5.41) is 16.9. The van der Waals surface area contributed by atoms with Crippen LogP contribution in [0.1, 0.15) is 37.2 Å². The lowest BCUT2D eigenvalue weighted by Crippen LogP contribution is -2.44. The molecule has 0 saturated heterocycles. The first-order valence-electron chi connectivity index (χ1n) is 7.32. The molecule has 0 unspecified atom stereocenters. The van der Waals surface area contributed by atoms with E-state index in [0.717, 1.165) is 18.5 Å². The standard InChI is InChI=1S/C15H28N4O2/c1-11-13(12(2)19(6)17-11)8-7-9-16-14(20)18(5)10-15(3,4)21/h21H,7-10H2,1-6H3,(H,16,20). The Morgan fingerprint density at radius 1 is 1.43 bits per heavy atom. The number of hydrogen-bond acceptors (Lipinski definition) is 3. The number of nitrogens with one attached hydrogen (secondary N) is 1. The fourth-order valence-corrected chi connectivity index (χ4v) is 2.43. The first-order chi connectivity index (χ1) is 9.61. The highest BCUT2D eigenvalue weighted by Crippen LogP contribution is 2.13. The third kappa shape index (κ3) is 5.38. The minimum atomic E-state index is -0.879. The minimum absolute atomic E-state index is 0.156. The Balaban J connectivity index is 2.35. The molecule has 0 atom stereocenters. The van der Waals surface area contributed by atoms with Gasteiger partial charge in [0.2, 0.25) is 0 Å². The Morgan fingerprint density at radius 2 is 2.05 bits per heavy atom. The molecule has 0 bridgehead atoms. The maximum atomic E-state index is 11.9. The maximum Gasteiger partial charge on any atom is 0.317 e. The second-order valence-electron chi connectivity index (χ2n) is 6.28. The van der Waals surface area contributed by atoms with E-state index in [0.29, 0.717) is 13.1 Å². The monoisotopic (exact) mass is 296 g/mol. The zero-order valence-corrected chi connectivity index (χ0v) is 14.0. The first-order valence-corrected chi connectivity index (χ1v) is 7.32. The molecule has 1 rings (SSSR count). The zero-order chi connectivity index (χ0) is 16.2. The Hall–Kier alpha value is -1.56. The van der Waals surface area contributed by atoms with Crippen molar-refractivity contribution < 1.29 is 9.90 Å². The number of hydrogen-bond donors (Lipinski definition) is 2. The summed E-state index contributed by atoms with van der Waals surface area (Å²) in [7, 11) is 3.63. The van der Waals surface area contributed by atoms with E-state index in [1.807, 2.05) is 18.7 Å². The van der Waals surface area contributed by atoms with Gasteiger partial charge in [-0.3, -0.25) is 4.68 Å². The number of rotatable bonds is 6. The molecule has 21 heavy (non-hydrogen) atoms. The van der Waals surface area contributed by atoms with Crippen LogP contribution in [0.5, 0.6) is 0 Å². The summed E-state index contributed by atoms with van der Waals surface area (Å²) in [5.41, 5.74) is 2.62. The van der Waals surface area contributed by atoms with Crippen LogP contribution in [0.4, 0.5) is 4.79 Å². The number of amides is 2. The quantitative estimate of drug-likeness (QED) is 0.779. The summed E-state index contributed by atoms with van der Waals surface area (Å²) in [6.07, 6.45) is 1.77. The molecule has 1 heterocycles. The smallest absolute Gasteiger partial charge is 0.317 e. The molecule has 2 amide bonds. The number of nitrogens with zero attached hydrogens (tertiary/aromatic N) is 3. The molecule has 120 valence electrons. The molecule has 0 saturated carbocycles. The molecule has 0 fully saturated rings. The third-order valence-electron chi connectivity index (χ3n) is 3.51. The van der Waals surface area contributed by atoms with Crippen molar-refractivity contribution in [3.8, 4) is 0 Å². The van der Waals surface area contributed by atoms with Crippen LogP contribution >= 0.6 is 0 Å². The summed E-state index contributed by atoms with van der Waals surface area (Å²) in [5.74, 6) is 0. The van der Waals surface area contributed by atoms with Crippen molar-refractivity contribution in [1.29, 1.82) is 0 Å². The summed E-state index contributed by atoms with van der Waals surface area (Å²) in [6.45, 7) is 8.36. The van der Waals surface area contributed by atoms with Gasteiger partial charge in [-0.1, -0.05) is 0 Å². The van der Waals surface area contributed by atoms with Crippen molar-refractivity contribution >= 4 is 6.03 Å². The lowest BCUT2D eigenvalue weighted by Gasteiger charge is -2.25. The van der Waals surface area contributed by atoms with Gasteiger partial charge in [0, 0.05) is 26.3 Å². The summed E-state index contributed by atoms with van der Waals surface area (Å²) >= 11 is 0. The van der Waals surface area contributed by atoms with E-state index in [-0.39, 0.29) is 6.03 Å². The molecule has 0 spiro atoms. The molecular formula is C15H28N4O2. The minimum Gasteiger partial charge on any atom is -0.389 e. The average Bonchev–Trinajstić information content (AvgIpc) is 2.57. The van der Waals surface area contributed by atoms with Crippen LogP contribution in [-0.2, 0) is 13.5 Å². The first kappa shape index (κ1) is 17.5. The fourth-order valence-electron chi connectivity index (χ4n) is 2.43. The van der Waals surface area contributed by atoms with Gasteiger partial charge in [-0.15, -0.1) is 0 Å². The second kappa shape index (κ2) is 6.93. The van der Waals surface area contributed by atoms with Gasteiger partial charge in [0.25, 0.3) is 0 Å². The SMILES string of the molecule is Cc1nn(C)c(C)c1CCCNC(=O)N(C)CC(C)(C)O. The highest BCUT2D eigenvalue weighted by Gasteiger charge is 2.19. The van der Waals surface area contributed by atoms with Crippen molar-refractivity contribution in [3.63, 3.8) is 0 Å². The van der Waals surface area contributed by atoms with Crippen molar-refractivity contribution in [1.82, 2.24) is 20.0 Å². The van der Waals surface area contributed by atoms with E-state index in [2.05, 4.69) is 17.3 Å². The largest absolute Gasteiger partial charge is 0.389 e. The van der Waals surface area contributed by atoms with Crippen LogP contribution in [0.2, 0.25) is 0 Å². The molecule has 0 aliphatic carbocycles. The van der Waals surface area contributed by atoms with E-state index in [1.54, 1.807) is 20.9 Å². The third-order valence-corrected chi connectivity index (χ3v) is 3.51. The molecule has 1 aromatic heterocycles. The van der Waals surface area contributed by atoms with Crippen molar-refractivity contribution in [2.24, 2.45) is 7.05 Å². The number of urea groups is 1. The molecule has 0 aliphatic rings. The topological polar surface area (TPSA) is 70.4 Å². The molecule has 1 aromatic rings. The highest BCUT2D eigenvalue weighted by molar-refractivity contribution is 5.73. The molecule has 6 nitrogen and oxygen atoms in total. The molecule has 0 aromatic carbocycles. The summed E-state index contributed by atoms with van der Waals surface area (Å²) < 4.78 is 1.89. The Kier molecular flexibility index (Phi) is 5.78. The number of carbonyl (C=O) groups excluding carboxylic acids is 1. The Labute approximate surface area is 127 Å². The predicted octanol–water partition coefficient (Wildman–Crippen LogP) is 1.38. The molecule has 0 aliphatic heterocycles. The number of likely N-dealkylation sites (N-methyl/N-ethyl adjacent to an activating group) is 1. The van der Waals surface area contributed by atoms with Gasteiger partial charge in [0.1, 0.15) is 0 Å². The van der Waals surface area contributed by atoms with Gasteiger partial charge in [-0.2, -0.15) is 5.10 Å². The van der Waals surface area contributed by atoms with Crippen molar-refractivity contribution in [2.75, 3.05) is 20.1 Å². The Morgan fingerprint density at radius 3 is 2.52 bits per heavy atom. The predicted molar refractivity (Wildman–Crippen MR) is 83.3 cm³/mol. The normalized spacial score (nSPS) is 11.6. The van der Waals surface area contributed by atoms with Crippen LogP contribution in [-0.4, -0.2) is 51.6 Å². The molecule has 0 radical (unpaired) electrons. The van der Waals surface area contributed by atoms with E-state index >= 15 is 0 Å². The summed E-state index contributed by atoms with van der Waals surface area (Å²) in [6, 6.07) is -0.156. The fraction of sp³-hybridized carbons (Fsp3) is 0.733. The van der Waals surface area contributed by atoms with Gasteiger partial charge in [-0.05, 0) is 46.1 Å². The summed E-state index contributed by atoms with van der Waals surface area (Å²) in [4.78, 5) is 13.4. The van der Waals surface area contributed by atoms with Gasteiger partial charge < -0.3 is 15.3 Å².